The molecule has 1 atom stereocenters. The molecular weight excluding hydrogens is 192 g/mol. The smallest absolute Gasteiger partial charge is 0.155 e. The SMILES string of the molecule is NCc1ccnnc1N1CCC(CO)C1. The summed E-state index contributed by atoms with van der Waals surface area (Å²) in [6.45, 7) is 2.50. The number of hydrogen-bond donors (Lipinski definition) is 2. The van der Waals surface area contributed by atoms with Crippen molar-refractivity contribution >= 4 is 5.82 Å². The molecule has 1 fully saturated rings. The van der Waals surface area contributed by atoms with E-state index >= 15 is 0 Å². The lowest BCUT2D eigenvalue weighted by Gasteiger charge is -2.18. The zero-order chi connectivity index (χ0) is 10.7. The summed E-state index contributed by atoms with van der Waals surface area (Å²) < 4.78 is 0. The molecular formula is C10H16N4O. The molecule has 1 saturated heterocycles. The Labute approximate surface area is 88.9 Å². The molecule has 0 saturated carbocycles. The minimum absolute atomic E-state index is 0.245. The van der Waals surface area contributed by atoms with E-state index in [-0.39, 0.29) is 6.61 Å². The average molecular weight is 208 g/mol. The summed E-state index contributed by atoms with van der Waals surface area (Å²) in [5.74, 6) is 1.23. The van der Waals surface area contributed by atoms with Crippen LogP contribution in [0.2, 0.25) is 0 Å². The Bertz CT molecular complexity index is 331. The quantitative estimate of drug-likeness (QED) is 0.716. The maximum absolute atomic E-state index is 9.07. The zero-order valence-corrected chi connectivity index (χ0v) is 8.63. The number of nitrogens with zero attached hydrogens (tertiary/aromatic N) is 3. The molecule has 82 valence electrons. The first-order valence-corrected chi connectivity index (χ1v) is 5.21. The molecule has 1 unspecified atom stereocenters. The summed E-state index contributed by atoms with van der Waals surface area (Å²) in [4.78, 5) is 2.15. The highest BCUT2D eigenvalue weighted by Gasteiger charge is 2.24. The first-order chi connectivity index (χ1) is 7.35. The number of aliphatic hydroxyl groups excluding tert-OH is 1. The number of aliphatic hydroxyl groups is 1. The van der Waals surface area contributed by atoms with Gasteiger partial charge in [-0.05, 0) is 12.5 Å². The van der Waals surface area contributed by atoms with Gasteiger partial charge in [-0.15, -0.1) is 5.10 Å². The lowest BCUT2D eigenvalue weighted by molar-refractivity contribution is 0.238. The van der Waals surface area contributed by atoms with Crippen LogP contribution < -0.4 is 10.6 Å². The van der Waals surface area contributed by atoms with Crippen molar-refractivity contribution in [2.45, 2.75) is 13.0 Å². The predicted octanol–water partition coefficient (Wildman–Crippen LogP) is -0.246. The van der Waals surface area contributed by atoms with Gasteiger partial charge in [-0.1, -0.05) is 0 Å². The van der Waals surface area contributed by atoms with Crippen LogP contribution in [0.4, 0.5) is 5.82 Å². The molecule has 0 radical (unpaired) electrons. The summed E-state index contributed by atoms with van der Waals surface area (Å²) >= 11 is 0. The normalized spacial score (nSPS) is 20.9. The van der Waals surface area contributed by atoms with Gasteiger partial charge in [-0.2, -0.15) is 5.10 Å². The molecule has 0 aromatic carbocycles. The van der Waals surface area contributed by atoms with Crippen LogP contribution >= 0.6 is 0 Å². The third-order valence-corrected chi connectivity index (χ3v) is 2.85. The number of nitrogens with two attached hydrogens (primary N) is 1. The summed E-state index contributed by atoms with van der Waals surface area (Å²) in [6, 6.07) is 1.90. The second-order valence-corrected chi connectivity index (χ2v) is 3.87. The van der Waals surface area contributed by atoms with Gasteiger partial charge in [0.25, 0.3) is 0 Å². The van der Waals surface area contributed by atoms with Gasteiger partial charge in [0.15, 0.2) is 5.82 Å². The van der Waals surface area contributed by atoms with E-state index < -0.39 is 0 Å². The molecule has 5 heteroatoms. The summed E-state index contributed by atoms with van der Waals surface area (Å²) in [5, 5.41) is 17.1. The fraction of sp³-hybridized carbons (Fsp3) is 0.600. The van der Waals surface area contributed by atoms with Crippen LogP contribution in [0.1, 0.15) is 12.0 Å². The molecule has 2 rings (SSSR count). The van der Waals surface area contributed by atoms with Crippen molar-refractivity contribution in [2.75, 3.05) is 24.6 Å². The molecule has 0 spiro atoms. The van der Waals surface area contributed by atoms with Crippen molar-refractivity contribution in [3.63, 3.8) is 0 Å². The molecule has 1 aromatic heterocycles. The topological polar surface area (TPSA) is 75.3 Å². The van der Waals surface area contributed by atoms with Gasteiger partial charge >= 0.3 is 0 Å². The Morgan fingerprint density at radius 2 is 2.47 bits per heavy atom. The van der Waals surface area contributed by atoms with E-state index in [1.807, 2.05) is 6.07 Å². The van der Waals surface area contributed by atoms with E-state index in [2.05, 4.69) is 15.1 Å². The van der Waals surface area contributed by atoms with Gasteiger partial charge in [0.1, 0.15) is 0 Å². The Morgan fingerprint density at radius 3 is 3.13 bits per heavy atom. The van der Waals surface area contributed by atoms with Gasteiger partial charge in [0.05, 0.1) is 6.20 Å². The lowest BCUT2D eigenvalue weighted by atomic mass is 10.1. The summed E-state index contributed by atoms with van der Waals surface area (Å²) in [7, 11) is 0. The first kappa shape index (κ1) is 10.3. The van der Waals surface area contributed by atoms with Crippen molar-refractivity contribution in [3.05, 3.63) is 17.8 Å². The zero-order valence-electron chi connectivity index (χ0n) is 8.63. The second kappa shape index (κ2) is 4.55. The highest BCUT2D eigenvalue weighted by molar-refractivity contribution is 5.46. The molecule has 5 nitrogen and oxygen atoms in total. The third-order valence-electron chi connectivity index (χ3n) is 2.85. The molecule has 2 heterocycles. The van der Waals surface area contributed by atoms with E-state index in [0.29, 0.717) is 12.5 Å². The van der Waals surface area contributed by atoms with Crippen LogP contribution in [0.25, 0.3) is 0 Å². The molecule has 0 aliphatic carbocycles. The lowest BCUT2D eigenvalue weighted by Crippen LogP contribution is -2.24. The maximum atomic E-state index is 9.07. The standard InChI is InChI=1S/C10H16N4O/c11-5-9-1-3-12-13-10(9)14-4-2-8(6-14)7-15/h1,3,8,15H,2,4-7,11H2. The predicted molar refractivity (Wildman–Crippen MR) is 57.3 cm³/mol. The van der Waals surface area contributed by atoms with E-state index in [4.69, 9.17) is 10.8 Å². The summed E-state index contributed by atoms with van der Waals surface area (Å²) in [5.41, 5.74) is 6.66. The Kier molecular flexibility index (Phi) is 3.13. The van der Waals surface area contributed by atoms with Gasteiger partial charge in [0.2, 0.25) is 0 Å². The number of anilines is 1. The van der Waals surface area contributed by atoms with Crippen LogP contribution in [0.5, 0.6) is 0 Å². The van der Waals surface area contributed by atoms with Crippen LogP contribution in [-0.2, 0) is 6.54 Å². The fourth-order valence-electron chi connectivity index (χ4n) is 1.95. The van der Waals surface area contributed by atoms with Crippen LogP contribution in [0.3, 0.4) is 0 Å². The van der Waals surface area contributed by atoms with Crippen LogP contribution in [-0.4, -0.2) is 35.0 Å². The number of hydrogen-bond acceptors (Lipinski definition) is 5. The third kappa shape index (κ3) is 2.08. The van der Waals surface area contributed by atoms with E-state index in [0.717, 1.165) is 30.9 Å². The maximum Gasteiger partial charge on any atom is 0.155 e. The molecule has 1 aliphatic rings. The number of aromatic nitrogens is 2. The molecule has 1 aliphatic heterocycles. The first-order valence-electron chi connectivity index (χ1n) is 5.21. The highest BCUT2D eigenvalue weighted by Crippen LogP contribution is 2.23. The molecule has 0 amide bonds. The molecule has 0 bridgehead atoms. The molecule has 3 N–H and O–H groups in total. The Balaban J connectivity index is 2.16. The van der Waals surface area contributed by atoms with Gasteiger partial charge < -0.3 is 15.7 Å². The van der Waals surface area contributed by atoms with Crippen molar-refractivity contribution in [1.82, 2.24) is 10.2 Å². The average Bonchev–Trinajstić information content (AvgIpc) is 2.77. The summed E-state index contributed by atoms with van der Waals surface area (Å²) in [6.07, 6.45) is 2.67. The second-order valence-electron chi connectivity index (χ2n) is 3.87. The fourth-order valence-corrected chi connectivity index (χ4v) is 1.95. The van der Waals surface area contributed by atoms with Crippen LogP contribution in [0, 0.1) is 5.92 Å². The Morgan fingerprint density at radius 1 is 1.60 bits per heavy atom. The Hall–Kier alpha value is -1.20. The van der Waals surface area contributed by atoms with E-state index in [1.165, 1.54) is 0 Å². The van der Waals surface area contributed by atoms with Crippen LogP contribution in [0.15, 0.2) is 12.3 Å². The van der Waals surface area contributed by atoms with Gasteiger partial charge in [-0.25, -0.2) is 0 Å². The van der Waals surface area contributed by atoms with Crippen molar-refractivity contribution in [1.29, 1.82) is 0 Å². The van der Waals surface area contributed by atoms with Gasteiger partial charge in [0, 0.05) is 37.7 Å². The van der Waals surface area contributed by atoms with Gasteiger partial charge in [-0.3, -0.25) is 0 Å². The monoisotopic (exact) mass is 208 g/mol. The number of rotatable bonds is 3. The minimum Gasteiger partial charge on any atom is -0.396 e. The largest absolute Gasteiger partial charge is 0.396 e. The molecule has 1 aromatic rings. The minimum atomic E-state index is 0.245. The van der Waals surface area contributed by atoms with E-state index in [9.17, 15) is 0 Å². The van der Waals surface area contributed by atoms with Crippen molar-refractivity contribution in [3.8, 4) is 0 Å². The van der Waals surface area contributed by atoms with E-state index in [1.54, 1.807) is 6.20 Å². The highest BCUT2D eigenvalue weighted by atomic mass is 16.3. The molecule has 15 heavy (non-hydrogen) atoms. The van der Waals surface area contributed by atoms with Crippen molar-refractivity contribution < 1.29 is 5.11 Å². The van der Waals surface area contributed by atoms with Crippen molar-refractivity contribution in [2.24, 2.45) is 11.7 Å².